The molecule has 1 aliphatic rings. The Morgan fingerprint density at radius 1 is 1.31 bits per heavy atom. The monoisotopic (exact) mass is 357 g/mol. The van der Waals surface area contributed by atoms with Crippen molar-refractivity contribution in [1.82, 2.24) is 10.3 Å². The number of halogens is 1. The zero-order chi connectivity index (χ0) is 18.9. The van der Waals surface area contributed by atoms with E-state index in [1.54, 1.807) is 30.5 Å². The number of hydrogen-bond donors (Lipinski definition) is 1. The van der Waals surface area contributed by atoms with Crippen LogP contribution in [0.2, 0.25) is 0 Å². The van der Waals surface area contributed by atoms with Crippen LogP contribution < -0.4 is 15.0 Å². The first-order valence-electron chi connectivity index (χ1n) is 8.33. The van der Waals surface area contributed by atoms with E-state index in [0.29, 0.717) is 11.6 Å². The van der Waals surface area contributed by atoms with Crippen molar-refractivity contribution in [3.8, 4) is 5.75 Å². The molecule has 2 heterocycles. The molecule has 0 aliphatic carbocycles. The fourth-order valence-corrected chi connectivity index (χ4v) is 2.81. The molecule has 0 saturated heterocycles. The van der Waals surface area contributed by atoms with Crippen LogP contribution in [0.25, 0.3) is 0 Å². The lowest BCUT2D eigenvalue weighted by atomic mass is 9.99. The number of rotatable bonds is 4. The summed E-state index contributed by atoms with van der Waals surface area (Å²) in [7, 11) is 0. The number of carbonyl (C=O) groups is 2. The van der Waals surface area contributed by atoms with Crippen LogP contribution in [0.3, 0.4) is 0 Å². The van der Waals surface area contributed by atoms with Gasteiger partial charge in [0.25, 0.3) is 17.4 Å². The number of anilines is 1. The van der Waals surface area contributed by atoms with Crippen molar-refractivity contribution in [2.75, 3.05) is 4.90 Å². The van der Waals surface area contributed by atoms with E-state index in [-0.39, 0.29) is 18.4 Å². The Morgan fingerprint density at radius 3 is 2.65 bits per heavy atom. The maximum Gasteiger partial charge on any atom is 0.282 e. The standard InChI is InChI=1S/C19H20FN3O3/c1-12(2)23-16-15(5-4-10-21-16)26-19(3,18(23)25)17(24)22-11-13-6-8-14(20)9-7-13/h4-10,12H,11H2,1-3H3,(H,22,24)/t19-/m0/s1. The third kappa shape index (κ3) is 3.12. The molecule has 7 heteroatoms. The Balaban J connectivity index is 1.84. The van der Waals surface area contributed by atoms with Crippen LogP contribution in [0.5, 0.6) is 5.75 Å². The summed E-state index contributed by atoms with van der Waals surface area (Å²) < 4.78 is 18.7. The lowest BCUT2D eigenvalue weighted by Crippen LogP contribution is -2.63. The molecule has 0 fully saturated rings. The van der Waals surface area contributed by atoms with E-state index in [1.165, 1.54) is 24.0 Å². The summed E-state index contributed by atoms with van der Waals surface area (Å²) in [4.78, 5) is 31.5. The summed E-state index contributed by atoms with van der Waals surface area (Å²) in [6.45, 7) is 5.30. The van der Waals surface area contributed by atoms with Gasteiger partial charge in [-0.05, 0) is 50.6 Å². The quantitative estimate of drug-likeness (QED) is 0.853. The fraction of sp³-hybridized carbons (Fsp3) is 0.316. The SMILES string of the molecule is CC(C)N1C(=O)[C@](C)(C(=O)NCc2ccc(F)cc2)Oc2cccnc21. The second kappa shape index (κ2) is 6.74. The Morgan fingerprint density at radius 2 is 2.00 bits per heavy atom. The second-order valence-electron chi connectivity index (χ2n) is 6.54. The molecule has 1 aromatic carbocycles. The van der Waals surface area contributed by atoms with E-state index in [1.807, 2.05) is 13.8 Å². The normalized spacial score (nSPS) is 19.1. The van der Waals surface area contributed by atoms with Gasteiger partial charge in [0.05, 0.1) is 0 Å². The highest BCUT2D eigenvalue weighted by atomic mass is 19.1. The van der Waals surface area contributed by atoms with Crippen molar-refractivity contribution in [3.63, 3.8) is 0 Å². The van der Waals surface area contributed by atoms with Gasteiger partial charge in [-0.3, -0.25) is 14.5 Å². The first-order chi connectivity index (χ1) is 12.3. The van der Waals surface area contributed by atoms with Gasteiger partial charge in [-0.15, -0.1) is 0 Å². The fourth-order valence-electron chi connectivity index (χ4n) is 2.81. The van der Waals surface area contributed by atoms with Crippen LogP contribution in [-0.4, -0.2) is 28.4 Å². The largest absolute Gasteiger partial charge is 0.464 e. The number of pyridine rings is 1. The molecule has 2 aromatic rings. The molecule has 6 nitrogen and oxygen atoms in total. The van der Waals surface area contributed by atoms with E-state index in [4.69, 9.17) is 4.74 Å². The number of carbonyl (C=O) groups excluding carboxylic acids is 2. The molecule has 0 spiro atoms. The van der Waals surface area contributed by atoms with Crippen LogP contribution in [0.15, 0.2) is 42.6 Å². The van der Waals surface area contributed by atoms with E-state index in [2.05, 4.69) is 10.3 Å². The first kappa shape index (κ1) is 17.8. The molecule has 1 atom stereocenters. The Kier molecular flexibility index (Phi) is 4.63. The summed E-state index contributed by atoms with van der Waals surface area (Å²) in [5.41, 5.74) is -0.991. The van der Waals surface area contributed by atoms with Crippen molar-refractivity contribution < 1.29 is 18.7 Å². The molecule has 1 N–H and O–H groups in total. The highest BCUT2D eigenvalue weighted by molar-refractivity contribution is 6.16. The summed E-state index contributed by atoms with van der Waals surface area (Å²) in [6.07, 6.45) is 1.57. The molecule has 0 bridgehead atoms. The predicted molar refractivity (Wildman–Crippen MR) is 94.1 cm³/mol. The molecule has 136 valence electrons. The predicted octanol–water partition coefficient (Wildman–Crippen LogP) is 2.43. The lowest BCUT2D eigenvalue weighted by Gasteiger charge is -2.40. The van der Waals surface area contributed by atoms with E-state index in [0.717, 1.165) is 5.56 Å². The zero-order valence-electron chi connectivity index (χ0n) is 14.8. The minimum Gasteiger partial charge on any atom is -0.464 e. The van der Waals surface area contributed by atoms with Gasteiger partial charge in [0.15, 0.2) is 11.6 Å². The van der Waals surface area contributed by atoms with Crippen molar-refractivity contribution in [3.05, 3.63) is 54.0 Å². The molecule has 0 unspecified atom stereocenters. The van der Waals surface area contributed by atoms with E-state index in [9.17, 15) is 14.0 Å². The molecule has 0 radical (unpaired) electrons. The summed E-state index contributed by atoms with van der Waals surface area (Å²) >= 11 is 0. The molecule has 3 rings (SSSR count). The summed E-state index contributed by atoms with van der Waals surface area (Å²) in [6, 6.07) is 8.94. The van der Waals surface area contributed by atoms with Gasteiger partial charge in [0, 0.05) is 18.8 Å². The van der Waals surface area contributed by atoms with Gasteiger partial charge in [-0.1, -0.05) is 12.1 Å². The number of ether oxygens (including phenoxy) is 1. The average Bonchev–Trinajstić information content (AvgIpc) is 2.61. The Hall–Kier alpha value is -2.96. The van der Waals surface area contributed by atoms with E-state index < -0.39 is 17.4 Å². The number of nitrogens with zero attached hydrogens (tertiary/aromatic N) is 2. The Labute approximate surface area is 151 Å². The highest BCUT2D eigenvalue weighted by Gasteiger charge is 2.51. The maximum absolute atomic E-state index is 13.0. The smallest absolute Gasteiger partial charge is 0.282 e. The van der Waals surface area contributed by atoms with Gasteiger partial charge in [-0.2, -0.15) is 0 Å². The number of benzene rings is 1. The average molecular weight is 357 g/mol. The third-order valence-electron chi connectivity index (χ3n) is 4.24. The number of aromatic nitrogens is 1. The van der Waals surface area contributed by atoms with Gasteiger partial charge < -0.3 is 10.1 Å². The topological polar surface area (TPSA) is 71.5 Å². The highest BCUT2D eigenvalue weighted by Crippen LogP contribution is 2.37. The van der Waals surface area contributed by atoms with Gasteiger partial charge >= 0.3 is 0 Å². The summed E-state index contributed by atoms with van der Waals surface area (Å²) in [5.74, 6) is -0.617. The summed E-state index contributed by atoms with van der Waals surface area (Å²) in [5, 5.41) is 2.70. The zero-order valence-corrected chi connectivity index (χ0v) is 14.8. The van der Waals surface area contributed by atoms with Crippen LogP contribution >= 0.6 is 0 Å². The molecule has 26 heavy (non-hydrogen) atoms. The number of amides is 2. The minimum atomic E-state index is -1.71. The third-order valence-corrected chi connectivity index (χ3v) is 4.24. The van der Waals surface area contributed by atoms with Crippen LogP contribution in [0.4, 0.5) is 10.2 Å². The van der Waals surface area contributed by atoms with Crippen LogP contribution in [-0.2, 0) is 16.1 Å². The molecule has 1 aliphatic heterocycles. The molecular weight excluding hydrogens is 337 g/mol. The maximum atomic E-state index is 13.0. The number of nitrogens with one attached hydrogen (secondary N) is 1. The van der Waals surface area contributed by atoms with Crippen molar-refractivity contribution >= 4 is 17.6 Å². The molecule has 1 aromatic heterocycles. The molecule has 0 saturated carbocycles. The van der Waals surface area contributed by atoms with Gasteiger partial charge in [0.2, 0.25) is 0 Å². The number of hydrogen-bond acceptors (Lipinski definition) is 4. The first-order valence-corrected chi connectivity index (χ1v) is 8.33. The molecular formula is C19H20FN3O3. The van der Waals surface area contributed by atoms with Crippen LogP contribution in [0.1, 0.15) is 26.3 Å². The van der Waals surface area contributed by atoms with Gasteiger partial charge in [0.1, 0.15) is 5.82 Å². The van der Waals surface area contributed by atoms with Gasteiger partial charge in [-0.25, -0.2) is 9.37 Å². The van der Waals surface area contributed by atoms with E-state index >= 15 is 0 Å². The van der Waals surface area contributed by atoms with Crippen molar-refractivity contribution in [2.45, 2.75) is 39.0 Å². The van der Waals surface area contributed by atoms with Crippen molar-refractivity contribution in [2.24, 2.45) is 0 Å². The van der Waals surface area contributed by atoms with Crippen LogP contribution in [0, 0.1) is 5.82 Å². The Bertz CT molecular complexity index is 838. The number of fused-ring (bicyclic) bond motifs is 1. The lowest BCUT2D eigenvalue weighted by molar-refractivity contribution is -0.148. The second-order valence-corrected chi connectivity index (χ2v) is 6.54. The van der Waals surface area contributed by atoms with Crippen molar-refractivity contribution in [1.29, 1.82) is 0 Å². The minimum absolute atomic E-state index is 0.160. The molecule has 2 amide bonds.